The number of carbonyl (C=O) groups excluding carboxylic acids is 1. The number of rotatable bonds is 4. The highest BCUT2D eigenvalue weighted by atomic mass is 32.2. The first-order valence-electron chi connectivity index (χ1n) is 9.00. The van der Waals surface area contributed by atoms with Crippen molar-refractivity contribution in [2.45, 2.75) is 61.6 Å². The van der Waals surface area contributed by atoms with Gasteiger partial charge in [0.15, 0.2) is 5.67 Å². The quantitative estimate of drug-likeness (QED) is 0.886. The maximum atomic E-state index is 14.9. The van der Waals surface area contributed by atoms with Crippen LogP contribution in [0.1, 0.15) is 43.2 Å². The zero-order valence-electron chi connectivity index (χ0n) is 14.1. The number of carbonyl (C=O) groups is 1. The molecule has 5 nitrogen and oxygen atoms in total. The van der Waals surface area contributed by atoms with Crippen LogP contribution in [0.2, 0.25) is 0 Å². The molecule has 1 amide bonds. The molecule has 25 heavy (non-hydrogen) atoms. The van der Waals surface area contributed by atoms with Crippen LogP contribution >= 0.6 is 0 Å². The Labute approximate surface area is 147 Å². The second-order valence-corrected chi connectivity index (χ2v) is 9.34. The highest BCUT2D eigenvalue weighted by Gasteiger charge is 2.45. The topological polar surface area (TPSA) is 66.5 Å². The first-order chi connectivity index (χ1) is 11.9. The minimum absolute atomic E-state index is 0.0357. The Morgan fingerprint density at radius 2 is 1.84 bits per heavy atom. The molecule has 7 heteroatoms. The molecule has 1 N–H and O–H groups in total. The third-order valence-electron chi connectivity index (χ3n) is 5.54. The second-order valence-electron chi connectivity index (χ2n) is 7.40. The van der Waals surface area contributed by atoms with E-state index in [1.54, 1.807) is 12.1 Å². The highest BCUT2D eigenvalue weighted by Crippen LogP contribution is 2.32. The van der Waals surface area contributed by atoms with Crippen molar-refractivity contribution in [2.24, 2.45) is 0 Å². The maximum Gasteiger partial charge on any atom is 0.257 e. The van der Waals surface area contributed by atoms with Crippen molar-refractivity contribution in [1.82, 2.24) is 9.62 Å². The van der Waals surface area contributed by atoms with Gasteiger partial charge < -0.3 is 5.32 Å². The first kappa shape index (κ1) is 17.0. The van der Waals surface area contributed by atoms with E-state index in [1.165, 1.54) is 9.87 Å². The van der Waals surface area contributed by atoms with E-state index in [-0.39, 0.29) is 36.9 Å². The summed E-state index contributed by atoms with van der Waals surface area (Å²) in [6.07, 6.45) is 4.60. The molecule has 3 aliphatic rings. The summed E-state index contributed by atoms with van der Waals surface area (Å²) < 4.78 is 41.9. The maximum absolute atomic E-state index is 14.9. The van der Waals surface area contributed by atoms with Gasteiger partial charge in [0.2, 0.25) is 10.0 Å². The van der Waals surface area contributed by atoms with Gasteiger partial charge in [-0.05, 0) is 55.4 Å². The Balaban J connectivity index is 1.46. The Bertz CT molecular complexity index is 797. The zero-order valence-corrected chi connectivity index (χ0v) is 14.9. The van der Waals surface area contributed by atoms with E-state index in [1.807, 2.05) is 6.07 Å². The number of fused-ring (bicyclic) bond motifs is 1. The molecule has 1 aliphatic heterocycles. The molecule has 2 aliphatic carbocycles. The average Bonchev–Trinajstić information content (AvgIpc) is 3.28. The number of hydrogen-bond donors (Lipinski definition) is 1. The summed E-state index contributed by atoms with van der Waals surface area (Å²) in [5.41, 5.74) is 0.367. The molecule has 1 saturated carbocycles. The largest absolute Gasteiger partial charge is 0.351 e. The Hall–Kier alpha value is -1.47. The lowest BCUT2D eigenvalue weighted by Crippen LogP contribution is -2.52. The molecule has 1 heterocycles. The number of nitrogens with zero attached hydrogens (tertiary/aromatic N) is 1. The lowest BCUT2D eigenvalue weighted by Gasteiger charge is -2.34. The lowest BCUT2D eigenvalue weighted by molar-refractivity contribution is -0.135. The van der Waals surface area contributed by atoms with Gasteiger partial charge in [-0.2, -0.15) is 4.31 Å². The smallest absolute Gasteiger partial charge is 0.257 e. The third-order valence-corrected chi connectivity index (χ3v) is 7.44. The van der Waals surface area contributed by atoms with E-state index in [0.29, 0.717) is 0 Å². The van der Waals surface area contributed by atoms with E-state index >= 15 is 0 Å². The van der Waals surface area contributed by atoms with Crippen molar-refractivity contribution in [3.05, 3.63) is 29.3 Å². The van der Waals surface area contributed by atoms with Crippen LogP contribution in [0.15, 0.2) is 23.1 Å². The summed E-state index contributed by atoms with van der Waals surface area (Å²) in [6, 6.07) is 5.40. The minimum Gasteiger partial charge on any atom is -0.351 e. The third kappa shape index (κ3) is 3.19. The molecular formula is C18H23FN2O3S. The van der Waals surface area contributed by atoms with E-state index in [0.717, 1.165) is 37.7 Å². The fourth-order valence-electron chi connectivity index (χ4n) is 3.71. The standard InChI is InChI=1S/C18H23FN2O3S/c19-18(17(22)20-15-5-6-15)8-10-21(11-9-18)25(23,24)16-7-4-13-2-1-3-14(13)12-16/h4,7,12,15H,1-3,5-6,8-11H2,(H,20,22). The molecule has 1 aromatic carbocycles. The number of alkyl halides is 1. The predicted octanol–water partition coefficient (Wildman–Crippen LogP) is 1.95. The molecule has 0 aromatic heterocycles. The van der Waals surface area contributed by atoms with Gasteiger partial charge in [-0.15, -0.1) is 0 Å². The van der Waals surface area contributed by atoms with Crippen molar-refractivity contribution in [1.29, 1.82) is 0 Å². The molecule has 4 rings (SSSR count). The minimum atomic E-state index is -3.64. The van der Waals surface area contributed by atoms with E-state index < -0.39 is 21.6 Å². The van der Waals surface area contributed by atoms with Gasteiger partial charge in [-0.25, -0.2) is 12.8 Å². The zero-order chi connectivity index (χ0) is 17.7. The number of hydrogen-bond acceptors (Lipinski definition) is 3. The number of aryl methyl sites for hydroxylation is 2. The number of amides is 1. The highest BCUT2D eigenvalue weighted by molar-refractivity contribution is 7.89. The summed E-state index contributed by atoms with van der Waals surface area (Å²) in [5, 5.41) is 2.70. The Morgan fingerprint density at radius 1 is 1.16 bits per heavy atom. The summed E-state index contributed by atoms with van der Waals surface area (Å²) in [6.45, 7) is 0.0714. The fourth-order valence-corrected chi connectivity index (χ4v) is 5.20. The van der Waals surface area contributed by atoms with Crippen molar-refractivity contribution in [3.63, 3.8) is 0 Å². The van der Waals surface area contributed by atoms with Crippen LogP contribution in [0.3, 0.4) is 0 Å². The van der Waals surface area contributed by atoms with Gasteiger partial charge in [0.05, 0.1) is 4.90 Å². The van der Waals surface area contributed by atoms with Crippen LogP contribution in [0.25, 0.3) is 0 Å². The number of benzene rings is 1. The van der Waals surface area contributed by atoms with E-state index in [4.69, 9.17) is 0 Å². The Morgan fingerprint density at radius 3 is 2.52 bits per heavy atom. The molecule has 2 fully saturated rings. The summed E-state index contributed by atoms with van der Waals surface area (Å²) >= 11 is 0. The molecule has 1 aromatic rings. The molecule has 0 radical (unpaired) electrons. The monoisotopic (exact) mass is 366 g/mol. The van der Waals surface area contributed by atoms with Crippen molar-refractivity contribution in [3.8, 4) is 0 Å². The van der Waals surface area contributed by atoms with Crippen molar-refractivity contribution >= 4 is 15.9 Å². The molecule has 0 unspecified atom stereocenters. The normalized spacial score (nSPS) is 23.2. The summed E-state index contributed by atoms with van der Waals surface area (Å²) in [7, 11) is -3.64. The van der Waals surface area contributed by atoms with Gasteiger partial charge >= 0.3 is 0 Å². The van der Waals surface area contributed by atoms with Gasteiger partial charge in [0.25, 0.3) is 5.91 Å². The molecule has 0 bridgehead atoms. The fraction of sp³-hybridized carbons (Fsp3) is 0.611. The van der Waals surface area contributed by atoms with Crippen molar-refractivity contribution in [2.75, 3.05) is 13.1 Å². The van der Waals surface area contributed by atoms with Gasteiger partial charge in [0.1, 0.15) is 0 Å². The lowest BCUT2D eigenvalue weighted by atomic mass is 9.93. The van der Waals surface area contributed by atoms with Crippen LogP contribution in [0.5, 0.6) is 0 Å². The molecular weight excluding hydrogens is 343 g/mol. The van der Waals surface area contributed by atoms with Gasteiger partial charge in [0, 0.05) is 32.0 Å². The van der Waals surface area contributed by atoms with Gasteiger partial charge in [-0.3, -0.25) is 4.79 Å². The number of halogens is 1. The summed E-state index contributed by atoms with van der Waals surface area (Å²) in [4.78, 5) is 12.4. The van der Waals surface area contributed by atoms with Crippen LogP contribution < -0.4 is 5.32 Å². The van der Waals surface area contributed by atoms with Crippen LogP contribution in [-0.4, -0.2) is 43.4 Å². The van der Waals surface area contributed by atoms with Crippen LogP contribution in [-0.2, 0) is 27.7 Å². The number of sulfonamides is 1. The first-order valence-corrected chi connectivity index (χ1v) is 10.4. The SMILES string of the molecule is O=C(NC1CC1)C1(F)CCN(S(=O)(=O)c2ccc3c(c2)CCC3)CC1. The van der Waals surface area contributed by atoms with Crippen LogP contribution in [0, 0.1) is 0 Å². The predicted molar refractivity (Wildman–Crippen MR) is 91.5 cm³/mol. The van der Waals surface area contributed by atoms with Gasteiger partial charge in [-0.1, -0.05) is 6.07 Å². The van der Waals surface area contributed by atoms with Crippen LogP contribution in [0.4, 0.5) is 4.39 Å². The number of nitrogens with one attached hydrogen (secondary N) is 1. The van der Waals surface area contributed by atoms with Crippen molar-refractivity contribution < 1.29 is 17.6 Å². The average molecular weight is 366 g/mol. The van der Waals surface area contributed by atoms with E-state index in [9.17, 15) is 17.6 Å². The summed E-state index contributed by atoms with van der Waals surface area (Å²) in [5.74, 6) is -0.579. The molecule has 0 atom stereocenters. The number of piperidine rings is 1. The molecule has 136 valence electrons. The molecule has 0 spiro atoms. The van der Waals surface area contributed by atoms with E-state index in [2.05, 4.69) is 5.32 Å². The second kappa shape index (κ2) is 6.06. The molecule has 1 saturated heterocycles. The Kier molecular flexibility index (Phi) is 4.11.